The van der Waals surface area contributed by atoms with Gasteiger partial charge in [0.05, 0.1) is 78.3 Å². The number of carboxylic acid groups (broad SMARTS) is 1. The Labute approximate surface area is 636 Å². The minimum absolute atomic E-state index is 0. The maximum atomic E-state index is 12.8. The highest BCUT2D eigenvalue weighted by molar-refractivity contribution is 6.66. The number of alkyl halides is 3. The predicted molar refractivity (Wildman–Crippen MR) is 417 cm³/mol. The molecule has 0 aliphatic heterocycles. The number of nitrogen functional groups attached to an aromatic ring is 2. The molecule has 0 spiro atoms. The van der Waals surface area contributed by atoms with Crippen LogP contribution in [0.5, 0.6) is 17.2 Å². The van der Waals surface area contributed by atoms with Crippen molar-refractivity contribution in [1.29, 1.82) is 0 Å². The van der Waals surface area contributed by atoms with E-state index in [9.17, 15) is 33.9 Å². The Morgan fingerprint density at radius 1 is 0.486 bits per heavy atom. The Bertz CT molecular complexity index is 3620. The fourth-order valence-corrected chi connectivity index (χ4v) is 10.3. The lowest BCUT2D eigenvalue weighted by Gasteiger charge is -2.31. The highest BCUT2D eigenvalue weighted by Gasteiger charge is 2.34. The van der Waals surface area contributed by atoms with Crippen molar-refractivity contribution in [3.8, 4) is 17.2 Å². The van der Waals surface area contributed by atoms with Gasteiger partial charge in [0.15, 0.2) is 16.8 Å². The molecule has 3 aromatic heterocycles. The molecule has 2 amide bonds. The zero-order chi connectivity index (χ0) is 79.4. The van der Waals surface area contributed by atoms with Gasteiger partial charge >= 0.3 is 27.9 Å². The van der Waals surface area contributed by atoms with Crippen molar-refractivity contribution >= 4 is 111 Å². The van der Waals surface area contributed by atoms with Gasteiger partial charge in [0.2, 0.25) is 17.7 Å². The number of halogens is 3. The first-order chi connectivity index (χ1) is 48.0. The molecule has 0 fully saturated rings. The molecular formula is C76H117Cl3N10O16. The third kappa shape index (κ3) is 36.3. The van der Waals surface area contributed by atoms with Gasteiger partial charge in [-0.25, -0.2) is 14.4 Å². The highest BCUT2D eigenvalue weighted by atomic mass is 35.6. The van der Waals surface area contributed by atoms with E-state index in [0.29, 0.717) is 92.9 Å². The van der Waals surface area contributed by atoms with Gasteiger partial charge in [-0.3, -0.25) is 14.4 Å². The van der Waals surface area contributed by atoms with E-state index in [1.165, 1.54) is 28.1 Å². The van der Waals surface area contributed by atoms with Crippen molar-refractivity contribution in [2.45, 2.75) is 193 Å². The lowest BCUT2D eigenvalue weighted by molar-refractivity contribution is -0.156. The summed E-state index contributed by atoms with van der Waals surface area (Å²) in [6.07, 6.45) is 0.105. The first-order valence-corrected chi connectivity index (χ1v) is 35.5. The fraction of sp³-hybridized carbons (Fsp3) is 0.566. The normalized spacial score (nSPS) is 11.3. The molecule has 105 heavy (non-hydrogen) atoms. The van der Waals surface area contributed by atoms with Gasteiger partial charge in [0, 0.05) is 82.6 Å². The van der Waals surface area contributed by atoms with E-state index < -0.39 is 44.7 Å². The van der Waals surface area contributed by atoms with Crippen LogP contribution in [0.25, 0.3) is 0 Å². The standard InChI is InChI=1S/C25H37N3O5.C24H35N3O5.C19H32N2O3.C4H6N2O.C3H3Cl3O2.CH4/c1-16(2)14-28(15-17(3)4)22-10-9-19(32-25(6,7)24(30)31-8)12-21(22)26-23(29)13-20-11-18(5)27-33-20;1-15(2)13-27(14-16(3)4)21-9-8-18(31-24(6,7)23(29)30)11-20(21)25-22(28)12-19-10-17(5)26-32-19;1-13(2)11-21(12-14(3)4)17-9-8-15(10-16(17)20)24-19(5,6)18(22)23-7;1-3-2-4(5)7-6-3;1-2(7)8-3(4,5)6;/h9-12,16-17H,13-15H2,1-8H3,(H,26,29);8-11,15-16H,12-14H2,1-7H3,(H,25,28)(H,29,30);8-10,13-14H,11-12,20H2,1-7H3;2H,5H2,1H3;1H3;1H4. The number of hydrogen-bond acceptors (Lipinski definition) is 23. The van der Waals surface area contributed by atoms with Crippen LogP contribution in [-0.4, -0.2) is 131 Å². The second-order valence-corrected chi connectivity index (χ2v) is 31.2. The molecule has 3 heterocycles. The molecule has 6 aromatic rings. The predicted octanol–water partition coefficient (Wildman–Crippen LogP) is 15.9. The number of nitrogens with two attached hydrogens (primary N) is 2. The smallest absolute Gasteiger partial charge is 0.349 e. The van der Waals surface area contributed by atoms with Crippen LogP contribution in [-0.2, 0) is 55.8 Å². The third-order valence-corrected chi connectivity index (χ3v) is 14.2. The molecule has 0 radical (unpaired) electrons. The Morgan fingerprint density at radius 3 is 1.03 bits per heavy atom. The van der Waals surface area contributed by atoms with Crippen LogP contribution in [0.1, 0.15) is 168 Å². The Kier molecular flexibility index (Phi) is 39.3. The van der Waals surface area contributed by atoms with Gasteiger partial charge in [-0.2, -0.15) is 0 Å². The minimum Gasteiger partial charge on any atom is -0.478 e. The molecule has 0 atom stereocenters. The summed E-state index contributed by atoms with van der Waals surface area (Å²) in [4.78, 5) is 77.7. The van der Waals surface area contributed by atoms with Gasteiger partial charge in [0.25, 0.3) is 0 Å². The summed E-state index contributed by atoms with van der Waals surface area (Å²) in [5.74, 6) is 2.38. The number of nitrogens with one attached hydrogen (secondary N) is 2. The van der Waals surface area contributed by atoms with E-state index in [4.69, 9.17) is 79.0 Å². The maximum absolute atomic E-state index is 12.8. The van der Waals surface area contributed by atoms with Crippen molar-refractivity contribution in [3.63, 3.8) is 0 Å². The number of benzene rings is 3. The number of aromatic nitrogens is 3. The summed E-state index contributed by atoms with van der Waals surface area (Å²) >= 11 is 15.0. The monoisotopic (exact) mass is 1530 g/mol. The van der Waals surface area contributed by atoms with Crippen LogP contribution in [0, 0.1) is 56.3 Å². The number of methoxy groups -OCH3 is 2. The van der Waals surface area contributed by atoms with E-state index in [0.717, 1.165) is 74.6 Å². The van der Waals surface area contributed by atoms with Gasteiger partial charge < -0.3 is 83.9 Å². The van der Waals surface area contributed by atoms with Crippen LogP contribution in [0.4, 0.5) is 40.0 Å². The number of amides is 2. The largest absolute Gasteiger partial charge is 0.478 e. The van der Waals surface area contributed by atoms with Crippen LogP contribution in [0.2, 0.25) is 0 Å². The van der Waals surface area contributed by atoms with E-state index in [1.807, 2.05) is 44.2 Å². The summed E-state index contributed by atoms with van der Waals surface area (Å²) in [5, 5.41) is 26.5. The van der Waals surface area contributed by atoms with Crippen LogP contribution < -0.4 is 51.0 Å². The minimum atomic E-state index is -1.91. The molecule has 6 rings (SSSR count). The van der Waals surface area contributed by atoms with Crippen molar-refractivity contribution in [2.24, 2.45) is 35.5 Å². The third-order valence-electron chi connectivity index (χ3n) is 13.9. The molecule has 0 saturated heterocycles. The molecule has 26 nitrogen and oxygen atoms in total. The maximum Gasteiger partial charge on any atom is 0.349 e. The number of anilines is 7. The zero-order valence-electron chi connectivity index (χ0n) is 65.1. The van der Waals surface area contributed by atoms with Crippen molar-refractivity contribution in [1.82, 2.24) is 15.5 Å². The number of carboxylic acids is 1. The summed E-state index contributed by atoms with van der Waals surface area (Å²) < 4.78 is 44.0. The number of hydrogen-bond donors (Lipinski definition) is 5. The molecule has 0 unspecified atom stereocenters. The Hall–Kier alpha value is -8.62. The molecule has 0 aliphatic rings. The van der Waals surface area contributed by atoms with E-state index in [2.05, 4.69) is 133 Å². The number of carbonyl (C=O) groups excluding carboxylic acids is 5. The fourth-order valence-electron chi connectivity index (χ4n) is 10.0. The molecular weight excluding hydrogens is 1420 g/mol. The van der Waals surface area contributed by atoms with Gasteiger partial charge in [0.1, 0.15) is 28.8 Å². The first kappa shape index (κ1) is 94.4. The van der Waals surface area contributed by atoms with E-state index in [-0.39, 0.29) is 32.1 Å². The SMILES string of the molecule is C.CC(=O)OC(Cl)(Cl)Cl.COC(=O)C(C)(C)Oc1ccc(N(CC(C)C)CC(C)C)c(N)c1.COC(=O)C(C)(C)Oc1ccc(N(CC(C)C)CC(C)C)c(NC(=O)Cc2cc(C)no2)c1.Cc1cc(CC(=O)Nc2cc(OC(C)(C)C(=O)O)ccc2N(CC(C)C)CC(C)C)on1.Cc1cc(N)on1. The number of aliphatic carboxylic acids is 1. The van der Waals surface area contributed by atoms with Gasteiger partial charge in [-0.1, -0.05) is 106 Å². The second kappa shape index (κ2) is 43.7. The van der Waals surface area contributed by atoms with Crippen molar-refractivity contribution in [2.75, 3.05) is 90.3 Å². The quantitative estimate of drug-likeness (QED) is 0.0121. The summed E-state index contributed by atoms with van der Waals surface area (Å²) in [5.41, 5.74) is 14.6. The highest BCUT2D eigenvalue weighted by Crippen LogP contribution is 2.37. The number of nitrogens with zero attached hydrogens (tertiary/aromatic N) is 6. The molecule has 0 bridgehead atoms. The number of rotatable bonds is 30. The first-order valence-electron chi connectivity index (χ1n) is 34.3. The molecule has 0 saturated carbocycles. The second-order valence-electron chi connectivity index (χ2n) is 29.0. The Balaban J connectivity index is 0.000000716. The van der Waals surface area contributed by atoms with E-state index in [1.54, 1.807) is 77.1 Å². The molecule has 0 aliphatic carbocycles. The van der Waals surface area contributed by atoms with Crippen LogP contribution in [0.15, 0.2) is 86.4 Å². The van der Waals surface area contributed by atoms with Crippen molar-refractivity contribution in [3.05, 3.63) is 101 Å². The number of esters is 3. The van der Waals surface area contributed by atoms with Gasteiger partial charge in [-0.15, -0.1) is 0 Å². The molecule has 29 heteroatoms. The lowest BCUT2D eigenvalue weighted by Crippen LogP contribution is -2.39. The summed E-state index contributed by atoms with van der Waals surface area (Å²) in [7, 11) is 2.67. The number of ether oxygens (including phenoxy) is 6. The average molecular weight is 1530 g/mol. The van der Waals surface area contributed by atoms with Crippen LogP contribution >= 0.6 is 34.8 Å². The molecule has 588 valence electrons. The van der Waals surface area contributed by atoms with Crippen molar-refractivity contribution < 1.29 is 75.9 Å². The lowest BCUT2D eigenvalue weighted by atomic mass is 10.1. The summed E-state index contributed by atoms with van der Waals surface area (Å²) in [6, 6.07) is 21.5. The summed E-state index contributed by atoms with van der Waals surface area (Å²) in [6.45, 7) is 47.3. The molecule has 7 N–H and O–H groups in total. The zero-order valence-corrected chi connectivity index (χ0v) is 67.4. The molecule has 3 aromatic carbocycles. The topological polar surface area (TPSA) is 342 Å². The Morgan fingerprint density at radius 2 is 0.790 bits per heavy atom. The number of aryl methyl sites for hydroxylation is 3. The van der Waals surface area contributed by atoms with Crippen LogP contribution in [0.3, 0.4) is 0 Å². The average Bonchev–Trinajstić information content (AvgIpc) is 1.33. The van der Waals surface area contributed by atoms with E-state index >= 15 is 0 Å². The number of carbonyl (C=O) groups is 6. The van der Waals surface area contributed by atoms with Gasteiger partial charge in [-0.05, 0) is 169 Å².